The molecule has 0 bridgehead atoms. The predicted octanol–water partition coefficient (Wildman–Crippen LogP) is 6.10. The summed E-state index contributed by atoms with van der Waals surface area (Å²) in [5, 5.41) is 14.0. The van der Waals surface area contributed by atoms with Crippen LogP contribution in [-0.2, 0) is 15.9 Å². The Balaban J connectivity index is 0.00000222. The lowest BCUT2D eigenvalue weighted by molar-refractivity contribution is -0.384. The van der Waals surface area contributed by atoms with Gasteiger partial charge in [-0.15, -0.1) is 0 Å². The quantitative estimate of drug-likeness (QED) is 0.206. The first-order valence-electron chi connectivity index (χ1n) is 12.6. The fraction of sp³-hybridized carbons (Fsp3) is 0.519. The SMILES string of the molecule is CC.CC(C)CN(CC[C@H](Cc1ccccc1)NC(=O)OC1CCOC1)Sc1ccc([N+](=O)[O-])cc1. The highest BCUT2D eigenvalue weighted by Gasteiger charge is 2.23. The van der Waals surface area contributed by atoms with Gasteiger partial charge in [-0.1, -0.05) is 58.0 Å². The molecule has 1 saturated heterocycles. The molecular formula is C27H39N3O5S. The summed E-state index contributed by atoms with van der Waals surface area (Å²) in [5.74, 6) is 0.443. The predicted molar refractivity (Wildman–Crippen MR) is 144 cm³/mol. The molecular weight excluding hydrogens is 478 g/mol. The molecule has 3 rings (SSSR count). The van der Waals surface area contributed by atoms with E-state index in [2.05, 4.69) is 35.6 Å². The lowest BCUT2D eigenvalue weighted by Crippen LogP contribution is -2.40. The molecule has 0 aliphatic carbocycles. The second kappa shape index (κ2) is 16.2. The molecule has 2 aromatic carbocycles. The molecule has 2 atom stereocenters. The fourth-order valence-corrected chi connectivity index (χ4v) is 4.87. The molecule has 1 amide bonds. The van der Waals surface area contributed by atoms with Crippen molar-refractivity contribution < 1.29 is 19.2 Å². The zero-order chi connectivity index (χ0) is 26.3. The summed E-state index contributed by atoms with van der Waals surface area (Å²) in [4.78, 5) is 24.0. The Morgan fingerprint density at radius 3 is 2.47 bits per heavy atom. The summed E-state index contributed by atoms with van der Waals surface area (Å²) in [7, 11) is 0. The number of non-ortho nitro benzene ring substituents is 1. The molecule has 1 heterocycles. The van der Waals surface area contributed by atoms with Crippen LogP contribution in [0.3, 0.4) is 0 Å². The molecule has 2 aromatic rings. The zero-order valence-electron chi connectivity index (χ0n) is 21.7. The van der Waals surface area contributed by atoms with Gasteiger partial charge in [0.15, 0.2) is 0 Å². The van der Waals surface area contributed by atoms with Crippen LogP contribution in [0.25, 0.3) is 0 Å². The minimum absolute atomic E-state index is 0.0815. The van der Waals surface area contributed by atoms with Gasteiger partial charge in [0.2, 0.25) is 0 Å². The van der Waals surface area contributed by atoms with Gasteiger partial charge in [0.1, 0.15) is 6.10 Å². The summed E-state index contributed by atoms with van der Waals surface area (Å²) in [6, 6.07) is 16.6. The number of ether oxygens (including phenoxy) is 2. The number of carbonyl (C=O) groups excluding carboxylic acids is 1. The summed E-state index contributed by atoms with van der Waals surface area (Å²) < 4.78 is 13.1. The van der Waals surface area contributed by atoms with Crippen LogP contribution in [0.4, 0.5) is 10.5 Å². The van der Waals surface area contributed by atoms with Gasteiger partial charge in [-0.05, 0) is 48.4 Å². The van der Waals surface area contributed by atoms with E-state index in [9.17, 15) is 14.9 Å². The molecule has 1 unspecified atom stereocenters. The number of nitro benzene ring substituents is 1. The highest BCUT2D eigenvalue weighted by molar-refractivity contribution is 7.97. The lowest BCUT2D eigenvalue weighted by Gasteiger charge is -2.26. The van der Waals surface area contributed by atoms with Crippen molar-refractivity contribution in [3.05, 3.63) is 70.3 Å². The number of hydrogen-bond donors (Lipinski definition) is 1. The van der Waals surface area contributed by atoms with Crippen molar-refractivity contribution in [2.45, 2.75) is 64.0 Å². The van der Waals surface area contributed by atoms with E-state index in [0.29, 0.717) is 25.6 Å². The maximum atomic E-state index is 12.5. The second-order valence-corrected chi connectivity index (χ2v) is 10.0. The van der Waals surface area contributed by atoms with Gasteiger partial charge in [0.25, 0.3) is 5.69 Å². The van der Waals surface area contributed by atoms with Crippen molar-refractivity contribution in [3.8, 4) is 0 Å². The Kier molecular flexibility index (Phi) is 13.3. The minimum Gasteiger partial charge on any atom is -0.444 e. The van der Waals surface area contributed by atoms with E-state index >= 15 is 0 Å². The van der Waals surface area contributed by atoms with E-state index in [-0.39, 0.29) is 17.8 Å². The van der Waals surface area contributed by atoms with Crippen LogP contribution in [0.2, 0.25) is 0 Å². The van der Waals surface area contributed by atoms with Crippen molar-refractivity contribution in [1.29, 1.82) is 0 Å². The minimum atomic E-state index is -0.408. The molecule has 0 aromatic heterocycles. The van der Waals surface area contributed by atoms with Crippen LogP contribution in [-0.4, -0.2) is 53.8 Å². The topological polar surface area (TPSA) is 93.9 Å². The van der Waals surface area contributed by atoms with Crippen LogP contribution in [0.5, 0.6) is 0 Å². The maximum absolute atomic E-state index is 12.5. The molecule has 36 heavy (non-hydrogen) atoms. The van der Waals surface area contributed by atoms with Gasteiger partial charge in [0.05, 0.1) is 18.1 Å². The molecule has 9 heteroatoms. The summed E-state index contributed by atoms with van der Waals surface area (Å²) in [6.45, 7) is 11.0. The molecule has 1 N–H and O–H groups in total. The first-order chi connectivity index (χ1) is 17.4. The number of rotatable bonds is 12. The standard InChI is InChI=1S/C25H33N3O5S.C2H6/c1-19(2)17-27(34-24-10-8-22(9-11-24)28(30)31)14-12-21(16-20-6-4-3-5-7-20)26-25(29)33-23-13-15-32-18-23;1-2/h3-11,19,21,23H,12-18H2,1-2H3,(H,26,29);1-2H3/t21-,23?;/m1./s1. The van der Waals surface area contributed by atoms with Gasteiger partial charge in [0, 0.05) is 42.6 Å². The van der Waals surface area contributed by atoms with E-state index in [0.717, 1.165) is 36.4 Å². The van der Waals surface area contributed by atoms with Crippen LogP contribution < -0.4 is 5.32 Å². The van der Waals surface area contributed by atoms with Crippen molar-refractivity contribution in [1.82, 2.24) is 9.62 Å². The Labute approximate surface area is 219 Å². The van der Waals surface area contributed by atoms with E-state index in [4.69, 9.17) is 9.47 Å². The van der Waals surface area contributed by atoms with Crippen molar-refractivity contribution in [2.24, 2.45) is 5.92 Å². The largest absolute Gasteiger partial charge is 0.444 e. The van der Waals surface area contributed by atoms with Crippen molar-refractivity contribution >= 4 is 23.7 Å². The summed E-state index contributed by atoms with van der Waals surface area (Å²) >= 11 is 1.58. The van der Waals surface area contributed by atoms with Gasteiger partial charge in [-0.25, -0.2) is 9.10 Å². The van der Waals surface area contributed by atoms with Crippen molar-refractivity contribution in [3.63, 3.8) is 0 Å². The maximum Gasteiger partial charge on any atom is 0.407 e. The van der Waals surface area contributed by atoms with Crippen LogP contribution in [0.15, 0.2) is 59.5 Å². The average Bonchev–Trinajstić information content (AvgIpc) is 3.37. The molecule has 8 nitrogen and oxygen atoms in total. The third-order valence-electron chi connectivity index (χ3n) is 5.39. The van der Waals surface area contributed by atoms with Gasteiger partial charge in [-0.2, -0.15) is 0 Å². The van der Waals surface area contributed by atoms with Crippen LogP contribution in [0, 0.1) is 16.0 Å². The fourth-order valence-electron chi connectivity index (χ4n) is 3.74. The second-order valence-electron chi connectivity index (χ2n) is 8.83. The summed E-state index contributed by atoms with van der Waals surface area (Å²) in [6.07, 6.45) is 1.57. The molecule has 1 aliphatic heterocycles. The molecule has 0 spiro atoms. The molecule has 198 valence electrons. The van der Waals surface area contributed by atoms with Crippen LogP contribution in [0.1, 0.15) is 46.1 Å². The Morgan fingerprint density at radius 1 is 1.19 bits per heavy atom. The third kappa shape index (κ3) is 11.0. The van der Waals surface area contributed by atoms with E-state index < -0.39 is 11.0 Å². The number of carbonyl (C=O) groups is 1. The number of amides is 1. The number of alkyl carbamates (subject to hydrolysis) is 1. The molecule has 1 fully saturated rings. The van der Waals surface area contributed by atoms with Gasteiger partial charge in [-0.3, -0.25) is 10.1 Å². The Hall–Kier alpha value is -2.62. The number of nitrogens with zero attached hydrogens (tertiary/aromatic N) is 2. The van der Waals surface area contributed by atoms with E-state index in [1.54, 1.807) is 24.1 Å². The van der Waals surface area contributed by atoms with E-state index in [1.165, 1.54) is 12.1 Å². The summed E-state index contributed by atoms with van der Waals surface area (Å²) in [5.41, 5.74) is 1.23. The molecule has 1 aliphatic rings. The number of nitro groups is 1. The molecule has 0 radical (unpaired) electrons. The third-order valence-corrected chi connectivity index (χ3v) is 6.46. The van der Waals surface area contributed by atoms with Crippen LogP contribution >= 0.6 is 11.9 Å². The first kappa shape index (κ1) is 29.6. The number of benzene rings is 2. The first-order valence-corrected chi connectivity index (χ1v) is 13.4. The van der Waals surface area contributed by atoms with E-state index in [1.807, 2.05) is 32.0 Å². The number of nitrogens with one attached hydrogen (secondary N) is 1. The Morgan fingerprint density at radius 2 is 1.89 bits per heavy atom. The van der Waals surface area contributed by atoms with Gasteiger partial charge < -0.3 is 14.8 Å². The molecule has 0 saturated carbocycles. The number of hydrogen-bond acceptors (Lipinski definition) is 7. The van der Waals surface area contributed by atoms with Gasteiger partial charge >= 0.3 is 6.09 Å². The Bertz CT molecular complexity index is 905. The highest BCUT2D eigenvalue weighted by atomic mass is 32.2. The van der Waals surface area contributed by atoms with Crippen molar-refractivity contribution in [2.75, 3.05) is 26.3 Å². The zero-order valence-corrected chi connectivity index (χ0v) is 22.5. The smallest absolute Gasteiger partial charge is 0.407 e. The average molecular weight is 518 g/mol. The highest BCUT2D eigenvalue weighted by Crippen LogP contribution is 2.26. The lowest BCUT2D eigenvalue weighted by atomic mass is 10.0. The monoisotopic (exact) mass is 517 g/mol. The normalized spacial score (nSPS) is 15.8.